The van der Waals surface area contributed by atoms with Gasteiger partial charge in [-0.15, -0.1) is 0 Å². The topological polar surface area (TPSA) is 85.8 Å². The molecule has 0 saturated heterocycles. The van der Waals surface area contributed by atoms with Crippen LogP contribution in [0.25, 0.3) is 11.0 Å². The number of fused-ring (bicyclic) bond motifs is 1. The van der Waals surface area contributed by atoms with E-state index in [4.69, 9.17) is 5.73 Å². The van der Waals surface area contributed by atoms with E-state index in [1.807, 2.05) is 20.0 Å². The van der Waals surface area contributed by atoms with Gasteiger partial charge in [-0.1, -0.05) is 0 Å². The van der Waals surface area contributed by atoms with Gasteiger partial charge in [0.05, 0.1) is 11.3 Å². The molecule has 0 aliphatic rings. The van der Waals surface area contributed by atoms with Crippen molar-refractivity contribution in [3.8, 4) is 0 Å². The van der Waals surface area contributed by atoms with Crippen molar-refractivity contribution in [3.05, 3.63) is 23.5 Å². The van der Waals surface area contributed by atoms with Gasteiger partial charge in [-0.2, -0.15) is 5.10 Å². The Morgan fingerprint density at radius 1 is 1.56 bits per heavy atom. The summed E-state index contributed by atoms with van der Waals surface area (Å²) in [4.78, 5) is 16.1. The molecule has 1 amide bonds. The van der Waals surface area contributed by atoms with Crippen LogP contribution in [0.15, 0.2) is 12.3 Å². The van der Waals surface area contributed by atoms with E-state index in [-0.39, 0.29) is 5.91 Å². The molecule has 2 rings (SSSR count). The fourth-order valence-electron chi connectivity index (χ4n) is 1.84. The predicted molar refractivity (Wildman–Crippen MR) is 69.3 cm³/mol. The molecule has 18 heavy (non-hydrogen) atoms. The Morgan fingerprint density at radius 3 is 3.06 bits per heavy atom. The van der Waals surface area contributed by atoms with Crippen LogP contribution in [0.3, 0.4) is 0 Å². The lowest BCUT2D eigenvalue weighted by Gasteiger charge is -2.04. The number of aryl methyl sites for hydroxylation is 2. The van der Waals surface area contributed by atoms with Crippen molar-refractivity contribution >= 4 is 16.9 Å². The first kappa shape index (κ1) is 12.5. The van der Waals surface area contributed by atoms with E-state index >= 15 is 0 Å². The highest BCUT2D eigenvalue weighted by molar-refractivity contribution is 5.97. The largest absolute Gasteiger partial charge is 0.352 e. The second-order valence-corrected chi connectivity index (χ2v) is 4.20. The predicted octanol–water partition coefficient (Wildman–Crippen LogP) is 0.355. The van der Waals surface area contributed by atoms with Gasteiger partial charge in [0.25, 0.3) is 5.91 Å². The van der Waals surface area contributed by atoms with Crippen LogP contribution in [-0.4, -0.2) is 33.8 Å². The van der Waals surface area contributed by atoms with Crippen molar-refractivity contribution < 1.29 is 4.79 Å². The monoisotopic (exact) mass is 247 g/mol. The summed E-state index contributed by atoms with van der Waals surface area (Å²) >= 11 is 0. The average Bonchev–Trinajstić information content (AvgIpc) is 2.65. The first-order chi connectivity index (χ1) is 8.63. The number of nitrogens with zero attached hydrogens (tertiary/aromatic N) is 3. The van der Waals surface area contributed by atoms with E-state index in [1.165, 1.54) is 0 Å². The molecular formula is C12H17N5O. The highest BCUT2D eigenvalue weighted by Crippen LogP contribution is 2.16. The molecule has 0 unspecified atom stereocenters. The van der Waals surface area contributed by atoms with E-state index in [2.05, 4.69) is 15.4 Å². The minimum absolute atomic E-state index is 0.124. The molecule has 0 aliphatic carbocycles. The molecule has 3 N–H and O–H groups in total. The number of rotatable bonds is 4. The number of nitrogens with two attached hydrogens (primary N) is 1. The Bertz CT molecular complexity index is 575. The molecule has 0 bridgehead atoms. The van der Waals surface area contributed by atoms with Crippen LogP contribution < -0.4 is 11.1 Å². The zero-order valence-electron chi connectivity index (χ0n) is 10.6. The number of hydrogen-bond donors (Lipinski definition) is 2. The fourth-order valence-corrected chi connectivity index (χ4v) is 1.84. The summed E-state index contributed by atoms with van der Waals surface area (Å²) in [5.41, 5.74) is 7.58. The zero-order chi connectivity index (χ0) is 13.1. The molecule has 6 heteroatoms. The molecule has 0 saturated carbocycles. The summed E-state index contributed by atoms with van der Waals surface area (Å²) in [6.07, 6.45) is 2.34. The van der Waals surface area contributed by atoms with Gasteiger partial charge in [-0.25, -0.2) is 4.98 Å². The first-order valence-electron chi connectivity index (χ1n) is 5.91. The smallest absolute Gasteiger partial charge is 0.252 e. The maximum atomic E-state index is 11.9. The van der Waals surface area contributed by atoms with Crippen LogP contribution >= 0.6 is 0 Å². The van der Waals surface area contributed by atoms with Crippen molar-refractivity contribution in [1.82, 2.24) is 20.1 Å². The molecule has 0 spiro atoms. The number of carbonyl (C=O) groups excluding carboxylic acids is 1. The molecule has 0 aliphatic heterocycles. The minimum atomic E-state index is -0.124. The molecule has 0 radical (unpaired) electrons. The summed E-state index contributed by atoms with van der Waals surface area (Å²) in [6.45, 7) is 3.05. The Kier molecular flexibility index (Phi) is 3.57. The van der Waals surface area contributed by atoms with Crippen molar-refractivity contribution in [1.29, 1.82) is 0 Å². The van der Waals surface area contributed by atoms with Crippen LogP contribution in [0.2, 0.25) is 0 Å². The van der Waals surface area contributed by atoms with E-state index in [0.717, 1.165) is 23.1 Å². The van der Waals surface area contributed by atoms with Gasteiger partial charge in [-0.05, 0) is 26.0 Å². The number of hydrogen-bond acceptors (Lipinski definition) is 4. The van der Waals surface area contributed by atoms with Gasteiger partial charge in [0.1, 0.15) is 0 Å². The Morgan fingerprint density at radius 2 is 2.33 bits per heavy atom. The fraction of sp³-hybridized carbons (Fsp3) is 0.417. The maximum Gasteiger partial charge on any atom is 0.252 e. The maximum absolute atomic E-state index is 11.9. The van der Waals surface area contributed by atoms with E-state index in [1.54, 1.807) is 10.9 Å². The van der Waals surface area contributed by atoms with Gasteiger partial charge < -0.3 is 11.1 Å². The number of pyridine rings is 1. The van der Waals surface area contributed by atoms with Crippen LogP contribution in [0, 0.1) is 6.92 Å². The normalized spacial score (nSPS) is 10.8. The number of nitrogens with one attached hydrogen (secondary N) is 1. The van der Waals surface area contributed by atoms with Crippen LogP contribution in [0.1, 0.15) is 22.5 Å². The Hall–Kier alpha value is -1.95. The van der Waals surface area contributed by atoms with E-state index < -0.39 is 0 Å². The van der Waals surface area contributed by atoms with Crippen molar-refractivity contribution in [2.45, 2.75) is 13.3 Å². The third kappa shape index (κ3) is 2.33. The highest BCUT2D eigenvalue weighted by Gasteiger charge is 2.11. The van der Waals surface area contributed by atoms with Crippen LogP contribution in [0.4, 0.5) is 0 Å². The summed E-state index contributed by atoms with van der Waals surface area (Å²) < 4.78 is 1.71. The number of aromatic nitrogens is 3. The third-order valence-electron chi connectivity index (χ3n) is 2.79. The van der Waals surface area contributed by atoms with Gasteiger partial charge >= 0.3 is 0 Å². The second kappa shape index (κ2) is 5.14. The minimum Gasteiger partial charge on any atom is -0.352 e. The summed E-state index contributed by atoms with van der Waals surface area (Å²) in [6, 6.07) is 1.82. The average molecular weight is 247 g/mol. The molecule has 2 aromatic rings. The lowest BCUT2D eigenvalue weighted by Crippen LogP contribution is -2.26. The standard InChI is InChI=1S/C12H17N5O/c1-8-10-6-9(12(18)14-5-3-4-13)7-15-11(10)17(2)16-8/h6-7H,3-5,13H2,1-2H3,(H,14,18). The Labute approximate surface area is 105 Å². The summed E-state index contributed by atoms with van der Waals surface area (Å²) in [5, 5.41) is 7.98. The SMILES string of the molecule is Cc1nn(C)c2ncc(C(=O)NCCCN)cc12. The van der Waals surface area contributed by atoms with Gasteiger partial charge in [0.15, 0.2) is 5.65 Å². The van der Waals surface area contributed by atoms with Gasteiger partial charge in [0, 0.05) is 25.2 Å². The van der Waals surface area contributed by atoms with Crippen molar-refractivity contribution in [2.75, 3.05) is 13.1 Å². The molecular weight excluding hydrogens is 230 g/mol. The van der Waals surface area contributed by atoms with Gasteiger partial charge in [0.2, 0.25) is 0 Å². The molecule has 96 valence electrons. The van der Waals surface area contributed by atoms with Crippen LogP contribution in [-0.2, 0) is 7.05 Å². The molecule has 0 aromatic carbocycles. The lowest BCUT2D eigenvalue weighted by molar-refractivity contribution is 0.0953. The molecule has 2 aromatic heterocycles. The summed E-state index contributed by atoms with van der Waals surface area (Å²) in [5.74, 6) is -0.124. The number of amides is 1. The molecule has 0 atom stereocenters. The van der Waals surface area contributed by atoms with E-state index in [0.29, 0.717) is 18.7 Å². The molecule has 2 heterocycles. The molecule has 6 nitrogen and oxygen atoms in total. The third-order valence-corrected chi connectivity index (χ3v) is 2.79. The lowest BCUT2D eigenvalue weighted by atomic mass is 10.2. The molecule has 0 fully saturated rings. The van der Waals surface area contributed by atoms with E-state index in [9.17, 15) is 4.79 Å². The van der Waals surface area contributed by atoms with Gasteiger partial charge in [-0.3, -0.25) is 9.48 Å². The second-order valence-electron chi connectivity index (χ2n) is 4.20. The first-order valence-corrected chi connectivity index (χ1v) is 5.91. The number of carbonyl (C=O) groups is 1. The Balaban J connectivity index is 2.24. The highest BCUT2D eigenvalue weighted by atomic mass is 16.1. The quantitative estimate of drug-likeness (QED) is 0.764. The summed E-state index contributed by atoms with van der Waals surface area (Å²) in [7, 11) is 1.84. The van der Waals surface area contributed by atoms with Crippen LogP contribution in [0.5, 0.6) is 0 Å². The zero-order valence-corrected chi connectivity index (χ0v) is 10.6. The van der Waals surface area contributed by atoms with Crippen molar-refractivity contribution in [2.24, 2.45) is 12.8 Å². The van der Waals surface area contributed by atoms with Crippen molar-refractivity contribution in [3.63, 3.8) is 0 Å².